The normalized spacial score (nSPS) is 16.5. The number of carboxylic acid groups (broad SMARTS) is 1. The Hall–Kier alpha value is -1.55. The van der Waals surface area contributed by atoms with E-state index < -0.39 is 5.97 Å². The minimum absolute atomic E-state index is 0.376. The Morgan fingerprint density at radius 2 is 2.06 bits per heavy atom. The molecule has 0 atom stereocenters. The fourth-order valence-corrected chi connectivity index (χ4v) is 2.39. The number of benzene rings is 1. The summed E-state index contributed by atoms with van der Waals surface area (Å²) >= 11 is 0. The van der Waals surface area contributed by atoms with Crippen LogP contribution in [0.15, 0.2) is 18.2 Å². The largest absolute Gasteiger partial charge is 0.497 e. The van der Waals surface area contributed by atoms with Gasteiger partial charge in [0.25, 0.3) is 0 Å². The molecule has 4 nitrogen and oxygen atoms in total. The third kappa shape index (κ3) is 3.01. The summed E-state index contributed by atoms with van der Waals surface area (Å²) < 4.78 is 5.17. The summed E-state index contributed by atoms with van der Waals surface area (Å²) in [5.41, 5.74) is 1.21. The topological polar surface area (TPSA) is 49.8 Å². The second kappa shape index (κ2) is 5.87. The fourth-order valence-electron chi connectivity index (χ4n) is 2.39. The van der Waals surface area contributed by atoms with Crippen molar-refractivity contribution in [2.24, 2.45) is 0 Å². The number of piperidine rings is 1. The van der Waals surface area contributed by atoms with Crippen LogP contribution >= 0.6 is 0 Å². The number of carbonyl (C=O) groups is 1. The minimum atomic E-state index is -0.871. The van der Waals surface area contributed by atoms with Crippen molar-refractivity contribution in [1.82, 2.24) is 4.90 Å². The van der Waals surface area contributed by atoms with E-state index in [1.54, 1.807) is 19.2 Å². The number of hydrogen-bond acceptors (Lipinski definition) is 3. The standard InChI is InChI=1S/C14H19NO3/c1-18-12-5-6-13(14(16)17)11(9-12)10-15-7-3-2-4-8-15/h5-6,9H,2-4,7-8,10H2,1H3,(H,16,17). The number of nitrogens with zero attached hydrogens (tertiary/aromatic N) is 1. The van der Waals surface area contributed by atoms with Crippen molar-refractivity contribution in [2.45, 2.75) is 25.8 Å². The molecular formula is C14H19NO3. The Morgan fingerprint density at radius 1 is 1.33 bits per heavy atom. The van der Waals surface area contributed by atoms with Crippen LogP contribution in [-0.2, 0) is 6.54 Å². The molecule has 0 saturated carbocycles. The van der Waals surface area contributed by atoms with E-state index in [0.717, 1.165) is 18.7 Å². The van der Waals surface area contributed by atoms with Crippen molar-refractivity contribution in [2.75, 3.05) is 20.2 Å². The summed E-state index contributed by atoms with van der Waals surface area (Å²) in [6, 6.07) is 5.15. The molecule has 4 heteroatoms. The first-order chi connectivity index (χ1) is 8.70. The third-order valence-corrected chi connectivity index (χ3v) is 3.39. The van der Waals surface area contributed by atoms with E-state index in [9.17, 15) is 9.90 Å². The van der Waals surface area contributed by atoms with Gasteiger partial charge in [0.15, 0.2) is 0 Å². The lowest BCUT2D eigenvalue weighted by Crippen LogP contribution is -2.29. The predicted octanol–water partition coefficient (Wildman–Crippen LogP) is 2.38. The highest BCUT2D eigenvalue weighted by atomic mass is 16.5. The maximum absolute atomic E-state index is 11.2. The Bertz CT molecular complexity index is 425. The van der Waals surface area contributed by atoms with Crippen LogP contribution in [0.3, 0.4) is 0 Å². The van der Waals surface area contributed by atoms with Crippen LogP contribution in [0.2, 0.25) is 0 Å². The molecule has 1 heterocycles. The molecule has 1 N–H and O–H groups in total. The second-order valence-electron chi connectivity index (χ2n) is 4.67. The molecule has 98 valence electrons. The summed E-state index contributed by atoms with van der Waals surface area (Å²) in [5, 5.41) is 9.20. The molecule has 2 rings (SSSR count). The first kappa shape index (κ1) is 12.9. The second-order valence-corrected chi connectivity index (χ2v) is 4.67. The molecule has 0 aromatic heterocycles. The molecule has 0 bridgehead atoms. The van der Waals surface area contributed by atoms with Crippen LogP contribution in [0.1, 0.15) is 35.2 Å². The molecule has 0 radical (unpaired) electrons. The first-order valence-electron chi connectivity index (χ1n) is 6.33. The summed E-state index contributed by atoms with van der Waals surface area (Å²) in [7, 11) is 1.60. The van der Waals surface area contributed by atoms with E-state index in [-0.39, 0.29) is 0 Å². The molecule has 0 aliphatic carbocycles. The molecule has 0 spiro atoms. The van der Waals surface area contributed by atoms with E-state index >= 15 is 0 Å². The maximum atomic E-state index is 11.2. The van der Waals surface area contributed by atoms with Crippen molar-refractivity contribution < 1.29 is 14.6 Å². The molecule has 1 aliphatic rings. The van der Waals surface area contributed by atoms with E-state index in [4.69, 9.17) is 4.74 Å². The van der Waals surface area contributed by atoms with Crippen LogP contribution < -0.4 is 4.74 Å². The maximum Gasteiger partial charge on any atom is 0.336 e. The molecule has 18 heavy (non-hydrogen) atoms. The summed E-state index contributed by atoms with van der Waals surface area (Å²) in [5.74, 6) is -0.156. The number of methoxy groups -OCH3 is 1. The summed E-state index contributed by atoms with van der Waals surface area (Å²) in [6.45, 7) is 2.80. The van der Waals surface area contributed by atoms with Crippen molar-refractivity contribution in [1.29, 1.82) is 0 Å². The monoisotopic (exact) mass is 249 g/mol. The van der Waals surface area contributed by atoms with E-state index in [2.05, 4.69) is 4.90 Å². The van der Waals surface area contributed by atoms with Gasteiger partial charge in [0.2, 0.25) is 0 Å². The molecular weight excluding hydrogens is 230 g/mol. The van der Waals surface area contributed by atoms with E-state index in [1.165, 1.54) is 19.3 Å². The average Bonchev–Trinajstić information content (AvgIpc) is 2.39. The molecule has 0 unspecified atom stereocenters. The summed E-state index contributed by atoms with van der Waals surface area (Å²) in [4.78, 5) is 13.5. The number of hydrogen-bond donors (Lipinski definition) is 1. The highest BCUT2D eigenvalue weighted by Crippen LogP contribution is 2.21. The van der Waals surface area contributed by atoms with Crippen LogP contribution in [0.4, 0.5) is 0 Å². The molecule has 1 fully saturated rings. The van der Waals surface area contributed by atoms with E-state index in [0.29, 0.717) is 17.9 Å². The van der Waals surface area contributed by atoms with Gasteiger partial charge in [-0.3, -0.25) is 4.90 Å². The van der Waals surface area contributed by atoms with Gasteiger partial charge in [0.1, 0.15) is 5.75 Å². The lowest BCUT2D eigenvalue weighted by molar-refractivity contribution is 0.0694. The van der Waals surface area contributed by atoms with Gasteiger partial charge in [0, 0.05) is 6.54 Å². The zero-order valence-corrected chi connectivity index (χ0v) is 10.7. The zero-order valence-electron chi connectivity index (χ0n) is 10.7. The number of ether oxygens (including phenoxy) is 1. The average molecular weight is 249 g/mol. The van der Waals surface area contributed by atoms with Gasteiger partial charge in [-0.05, 0) is 49.7 Å². The molecule has 0 amide bonds. The molecule has 1 saturated heterocycles. The van der Waals surface area contributed by atoms with Gasteiger partial charge >= 0.3 is 5.97 Å². The van der Waals surface area contributed by atoms with Crippen molar-refractivity contribution >= 4 is 5.97 Å². The number of carboxylic acids is 1. The zero-order chi connectivity index (χ0) is 13.0. The lowest BCUT2D eigenvalue weighted by atomic mass is 10.0. The molecule has 1 aromatic rings. The van der Waals surface area contributed by atoms with Crippen LogP contribution in [0, 0.1) is 0 Å². The Morgan fingerprint density at radius 3 is 2.67 bits per heavy atom. The van der Waals surface area contributed by atoms with Gasteiger partial charge in [-0.2, -0.15) is 0 Å². The quantitative estimate of drug-likeness (QED) is 0.890. The highest BCUT2D eigenvalue weighted by molar-refractivity contribution is 5.89. The van der Waals surface area contributed by atoms with Gasteiger partial charge < -0.3 is 9.84 Å². The van der Waals surface area contributed by atoms with Gasteiger partial charge in [-0.25, -0.2) is 4.79 Å². The number of rotatable bonds is 4. The van der Waals surface area contributed by atoms with Gasteiger partial charge in [-0.1, -0.05) is 6.42 Å². The van der Waals surface area contributed by atoms with Crippen LogP contribution in [0.25, 0.3) is 0 Å². The Kier molecular flexibility index (Phi) is 4.20. The molecule has 1 aliphatic heterocycles. The van der Waals surface area contributed by atoms with Crippen molar-refractivity contribution in [3.63, 3.8) is 0 Å². The van der Waals surface area contributed by atoms with E-state index in [1.807, 2.05) is 6.07 Å². The van der Waals surface area contributed by atoms with Crippen LogP contribution in [-0.4, -0.2) is 36.2 Å². The van der Waals surface area contributed by atoms with Crippen molar-refractivity contribution in [3.05, 3.63) is 29.3 Å². The third-order valence-electron chi connectivity index (χ3n) is 3.39. The molecule has 1 aromatic carbocycles. The van der Waals surface area contributed by atoms with Crippen LogP contribution in [0.5, 0.6) is 5.75 Å². The SMILES string of the molecule is COc1ccc(C(=O)O)c(CN2CCCCC2)c1. The Balaban J connectivity index is 2.19. The smallest absolute Gasteiger partial charge is 0.336 e. The summed E-state index contributed by atoms with van der Waals surface area (Å²) in [6.07, 6.45) is 3.68. The van der Waals surface area contributed by atoms with Crippen molar-refractivity contribution in [3.8, 4) is 5.75 Å². The lowest BCUT2D eigenvalue weighted by Gasteiger charge is -2.27. The number of likely N-dealkylation sites (tertiary alicyclic amines) is 1. The number of aromatic carboxylic acids is 1. The predicted molar refractivity (Wildman–Crippen MR) is 69.1 cm³/mol. The van der Waals surface area contributed by atoms with Gasteiger partial charge in [-0.15, -0.1) is 0 Å². The minimum Gasteiger partial charge on any atom is -0.497 e. The highest BCUT2D eigenvalue weighted by Gasteiger charge is 2.16. The first-order valence-corrected chi connectivity index (χ1v) is 6.33. The Labute approximate surface area is 107 Å². The fraction of sp³-hybridized carbons (Fsp3) is 0.500. The van der Waals surface area contributed by atoms with Gasteiger partial charge in [0.05, 0.1) is 12.7 Å².